The van der Waals surface area contributed by atoms with Crippen LogP contribution in [0.15, 0.2) is 24.3 Å². The number of rotatable bonds is 3. The van der Waals surface area contributed by atoms with Crippen molar-refractivity contribution >= 4 is 39.2 Å². The van der Waals surface area contributed by atoms with Crippen molar-refractivity contribution in [2.75, 3.05) is 5.32 Å². The van der Waals surface area contributed by atoms with Crippen molar-refractivity contribution in [1.82, 2.24) is 4.57 Å². The van der Waals surface area contributed by atoms with Crippen molar-refractivity contribution in [3.8, 4) is 6.07 Å². The minimum absolute atomic E-state index is 0.132. The van der Waals surface area contributed by atoms with Crippen molar-refractivity contribution in [2.45, 2.75) is 44.4 Å². The summed E-state index contributed by atoms with van der Waals surface area (Å²) in [5, 5.41) is 13.2. The van der Waals surface area contributed by atoms with Crippen LogP contribution in [0.25, 0.3) is 10.9 Å². The van der Waals surface area contributed by atoms with Crippen molar-refractivity contribution in [2.24, 2.45) is 5.92 Å². The van der Waals surface area contributed by atoms with E-state index in [-0.39, 0.29) is 12.0 Å². The maximum absolute atomic E-state index is 12.8. The molecule has 7 heteroatoms. The van der Waals surface area contributed by atoms with Crippen LogP contribution in [-0.2, 0) is 6.54 Å². The highest BCUT2D eigenvalue weighted by Crippen LogP contribution is 2.33. The highest BCUT2D eigenvalue weighted by Gasteiger charge is 2.30. The second-order valence-electron chi connectivity index (χ2n) is 6.23. The number of nitrogens with zero attached hydrogens (tertiary/aromatic N) is 2. The molecular weight excluding hydrogens is 430 g/mol. The summed E-state index contributed by atoms with van der Waals surface area (Å²) in [4.78, 5) is 0. The molecule has 0 spiro atoms. The summed E-state index contributed by atoms with van der Waals surface area (Å²) in [6.07, 6.45) is -0.678. The van der Waals surface area contributed by atoms with E-state index < -0.39 is 12.7 Å². The predicted molar refractivity (Wildman–Crippen MR) is 95.7 cm³/mol. The minimum Gasteiger partial charge on any atom is -0.382 e. The molecule has 0 unspecified atom stereocenters. The van der Waals surface area contributed by atoms with Gasteiger partial charge in [0.05, 0.1) is 15.3 Å². The largest absolute Gasteiger partial charge is 0.406 e. The summed E-state index contributed by atoms with van der Waals surface area (Å²) in [7, 11) is 0. The molecule has 1 heterocycles. The Bertz CT molecular complexity index is 768. The lowest BCUT2D eigenvalue weighted by atomic mass is 9.87. The number of halogens is 4. The third-order valence-electron chi connectivity index (χ3n) is 4.50. The average molecular weight is 447 g/mol. The summed E-state index contributed by atoms with van der Waals surface area (Å²) >= 11 is 1.95. The van der Waals surface area contributed by atoms with Crippen molar-refractivity contribution in [3.63, 3.8) is 0 Å². The molecule has 1 fully saturated rings. The van der Waals surface area contributed by atoms with Crippen LogP contribution < -0.4 is 5.32 Å². The molecule has 3 nitrogen and oxygen atoms in total. The first-order chi connectivity index (χ1) is 11.4. The van der Waals surface area contributed by atoms with Crippen LogP contribution in [0.5, 0.6) is 0 Å². The number of hydrogen-bond donors (Lipinski definition) is 1. The molecule has 1 saturated carbocycles. The topological polar surface area (TPSA) is 40.8 Å². The first-order valence-electron chi connectivity index (χ1n) is 7.88. The number of alkyl halides is 3. The van der Waals surface area contributed by atoms with Gasteiger partial charge in [-0.3, -0.25) is 0 Å². The number of benzene rings is 1. The third kappa shape index (κ3) is 3.79. The zero-order valence-electron chi connectivity index (χ0n) is 12.9. The van der Waals surface area contributed by atoms with Gasteiger partial charge in [-0.2, -0.15) is 18.4 Å². The van der Waals surface area contributed by atoms with Gasteiger partial charge in [-0.1, -0.05) is 6.07 Å². The number of hydrogen-bond acceptors (Lipinski definition) is 2. The van der Waals surface area contributed by atoms with Crippen molar-refractivity contribution in [1.29, 1.82) is 5.26 Å². The summed E-state index contributed by atoms with van der Waals surface area (Å²) in [5.74, 6) is 0.132. The maximum atomic E-state index is 12.8. The minimum atomic E-state index is -4.25. The number of anilines is 1. The number of fused-ring (bicyclic) bond motifs is 1. The summed E-state index contributed by atoms with van der Waals surface area (Å²) in [5.41, 5.74) is 1.46. The monoisotopic (exact) mass is 447 g/mol. The standard InChI is InChI=1S/C17H17F3IN3/c18-17(19,20)10-24-15-3-1-2-14(13(15)8-16(24)21)23-12-6-4-11(9-22)5-7-12/h1-3,8,11-12,23H,4-7,10H2. The fourth-order valence-corrected chi connectivity index (χ4v) is 4.05. The summed E-state index contributed by atoms with van der Waals surface area (Å²) in [6, 6.07) is 9.79. The maximum Gasteiger partial charge on any atom is 0.406 e. The van der Waals surface area contributed by atoms with Crippen molar-refractivity contribution < 1.29 is 13.2 Å². The van der Waals surface area contributed by atoms with E-state index in [0.29, 0.717) is 9.22 Å². The van der Waals surface area contributed by atoms with Crippen LogP contribution >= 0.6 is 22.6 Å². The van der Waals surface area contributed by atoms with E-state index in [1.54, 1.807) is 18.2 Å². The van der Waals surface area contributed by atoms with Crippen LogP contribution in [0.4, 0.5) is 18.9 Å². The molecule has 0 radical (unpaired) electrons. The molecular formula is C17H17F3IN3. The lowest BCUT2D eigenvalue weighted by molar-refractivity contribution is -0.140. The normalized spacial score (nSPS) is 21.6. The third-order valence-corrected chi connectivity index (χ3v) is 5.40. The molecule has 1 aromatic carbocycles. The van der Waals surface area contributed by atoms with E-state index in [1.807, 2.05) is 28.7 Å². The molecule has 1 N–H and O–H groups in total. The summed E-state index contributed by atoms with van der Waals surface area (Å²) in [6.45, 7) is -0.981. The fourth-order valence-electron chi connectivity index (χ4n) is 3.30. The molecule has 0 atom stereocenters. The van der Waals surface area contributed by atoms with Gasteiger partial charge in [0, 0.05) is 23.0 Å². The van der Waals surface area contributed by atoms with Gasteiger partial charge in [0.1, 0.15) is 6.54 Å². The Morgan fingerprint density at radius 3 is 2.58 bits per heavy atom. The van der Waals surface area contributed by atoms with Gasteiger partial charge >= 0.3 is 6.18 Å². The first kappa shape index (κ1) is 17.4. The molecule has 0 amide bonds. The predicted octanol–water partition coefficient (Wildman–Crippen LogP) is 5.30. The van der Waals surface area contributed by atoms with E-state index in [0.717, 1.165) is 36.8 Å². The Balaban J connectivity index is 1.85. The summed E-state index contributed by atoms with van der Waals surface area (Å²) < 4.78 is 40.3. The molecule has 0 bridgehead atoms. The van der Waals surface area contributed by atoms with Crippen LogP contribution in [-0.4, -0.2) is 16.8 Å². The van der Waals surface area contributed by atoms with Gasteiger partial charge in [0.2, 0.25) is 0 Å². The van der Waals surface area contributed by atoms with Gasteiger partial charge < -0.3 is 9.88 Å². The molecule has 24 heavy (non-hydrogen) atoms. The molecule has 128 valence electrons. The van der Waals surface area contributed by atoms with Gasteiger partial charge in [0.25, 0.3) is 0 Å². The molecule has 3 rings (SSSR count). The van der Waals surface area contributed by atoms with E-state index in [9.17, 15) is 13.2 Å². The molecule has 0 saturated heterocycles. The smallest absolute Gasteiger partial charge is 0.382 e. The number of aromatic nitrogens is 1. The van der Waals surface area contributed by atoms with Crippen LogP contribution in [0.3, 0.4) is 0 Å². The highest BCUT2D eigenvalue weighted by molar-refractivity contribution is 14.1. The number of nitrogens with one attached hydrogen (secondary N) is 1. The zero-order valence-corrected chi connectivity index (χ0v) is 15.1. The van der Waals surface area contributed by atoms with E-state index in [2.05, 4.69) is 11.4 Å². The average Bonchev–Trinajstić information content (AvgIpc) is 2.84. The van der Waals surface area contributed by atoms with Gasteiger partial charge in [0.15, 0.2) is 0 Å². The Morgan fingerprint density at radius 1 is 1.25 bits per heavy atom. The molecule has 0 aliphatic heterocycles. The zero-order chi connectivity index (χ0) is 17.3. The quantitative estimate of drug-likeness (QED) is 0.649. The lowest BCUT2D eigenvalue weighted by Gasteiger charge is -2.26. The van der Waals surface area contributed by atoms with Gasteiger partial charge in [-0.05, 0) is 66.5 Å². The highest BCUT2D eigenvalue weighted by atomic mass is 127. The SMILES string of the molecule is N#CC1CCC(Nc2cccc3c2cc(I)n3CC(F)(F)F)CC1. The van der Waals surface area contributed by atoms with Crippen LogP contribution in [0.2, 0.25) is 0 Å². The Labute approximate surface area is 152 Å². The Kier molecular flexibility index (Phi) is 4.95. The van der Waals surface area contributed by atoms with Crippen molar-refractivity contribution in [3.05, 3.63) is 28.0 Å². The molecule has 1 aromatic heterocycles. The lowest BCUT2D eigenvalue weighted by Crippen LogP contribution is -2.25. The van der Waals surface area contributed by atoms with Crippen LogP contribution in [0.1, 0.15) is 25.7 Å². The van der Waals surface area contributed by atoms with Gasteiger partial charge in [-0.15, -0.1) is 0 Å². The molecule has 2 aromatic rings. The van der Waals surface area contributed by atoms with E-state index >= 15 is 0 Å². The Morgan fingerprint density at radius 2 is 1.96 bits per heavy atom. The first-order valence-corrected chi connectivity index (χ1v) is 8.96. The fraction of sp³-hybridized carbons (Fsp3) is 0.471. The van der Waals surface area contributed by atoms with Crippen LogP contribution in [0, 0.1) is 20.9 Å². The molecule has 1 aliphatic rings. The van der Waals surface area contributed by atoms with E-state index in [4.69, 9.17) is 5.26 Å². The Hall–Kier alpha value is -1.43. The second-order valence-corrected chi connectivity index (χ2v) is 7.33. The van der Waals surface area contributed by atoms with E-state index in [1.165, 1.54) is 4.57 Å². The number of nitriles is 1. The molecule has 1 aliphatic carbocycles. The second kappa shape index (κ2) is 6.82. The van der Waals surface area contributed by atoms with Gasteiger partial charge in [-0.25, -0.2) is 0 Å².